The van der Waals surface area contributed by atoms with Gasteiger partial charge in [-0.1, -0.05) is 6.07 Å². The Morgan fingerprint density at radius 2 is 2.35 bits per heavy atom. The molecule has 0 amide bonds. The van der Waals surface area contributed by atoms with E-state index >= 15 is 0 Å². The van der Waals surface area contributed by atoms with E-state index in [0.717, 1.165) is 11.4 Å². The summed E-state index contributed by atoms with van der Waals surface area (Å²) in [6.07, 6.45) is 3.64. The first kappa shape index (κ1) is 11.8. The second-order valence-electron chi connectivity index (χ2n) is 3.77. The number of nitrogens with zero attached hydrogens (tertiary/aromatic N) is 2. The molecule has 2 heterocycles. The highest BCUT2D eigenvalue weighted by Crippen LogP contribution is 2.17. The third kappa shape index (κ3) is 3.13. The molecule has 4 heteroatoms. The number of nitriles is 1. The van der Waals surface area contributed by atoms with E-state index in [4.69, 9.17) is 5.26 Å². The van der Waals surface area contributed by atoms with Gasteiger partial charge in [0.1, 0.15) is 10.9 Å². The molecule has 0 bridgehead atoms. The summed E-state index contributed by atoms with van der Waals surface area (Å²) in [4.78, 5) is 6.04. The van der Waals surface area contributed by atoms with Crippen LogP contribution in [0.4, 0.5) is 0 Å². The Hall–Kier alpha value is -1.70. The molecule has 0 saturated heterocycles. The lowest BCUT2D eigenvalue weighted by Gasteiger charge is -2.12. The van der Waals surface area contributed by atoms with Gasteiger partial charge in [-0.3, -0.25) is 4.98 Å². The van der Waals surface area contributed by atoms with E-state index < -0.39 is 0 Å². The highest BCUT2D eigenvalue weighted by Gasteiger charge is 2.05. The van der Waals surface area contributed by atoms with Crippen LogP contribution in [0.15, 0.2) is 36.7 Å². The van der Waals surface area contributed by atoms with Gasteiger partial charge in [-0.2, -0.15) is 5.26 Å². The Kier molecular flexibility index (Phi) is 3.86. The van der Waals surface area contributed by atoms with Crippen molar-refractivity contribution < 1.29 is 0 Å². The maximum absolute atomic E-state index is 8.74. The Labute approximate surface area is 105 Å². The summed E-state index contributed by atoms with van der Waals surface area (Å²) in [7, 11) is 0. The lowest BCUT2D eigenvalue weighted by atomic mass is 10.1. The van der Waals surface area contributed by atoms with Gasteiger partial charge in [-0.25, -0.2) is 0 Å². The van der Waals surface area contributed by atoms with Crippen LogP contribution in [-0.2, 0) is 6.54 Å². The monoisotopic (exact) mass is 243 g/mol. The van der Waals surface area contributed by atoms with Crippen LogP contribution in [0.1, 0.15) is 28.3 Å². The zero-order valence-electron chi connectivity index (χ0n) is 9.55. The van der Waals surface area contributed by atoms with E-state index in [1.165, 1.54) is 21.8 Å². The number of hydrogen-bond acceptors (Lipinski definition) is 4. The molecule has 0 saturated carbocycles. The van der Waals surface area contributed by atoms with Crippen LogP contribution in [0.3, 0.4) is 0 Å². The van der Waals surface area contributed by atoms with E-state index in [-0.39, 0.29) is 6.04 Å². The minimum absolute atomic E-state index is 0.260. The number of nitrogens with one attached hydrogen (secondary N) is 1. The topological polar surface area (TPSA) is 48.7 Å². The first-order valence-electron chi connectivity index (χ1n) is 5.41. The van der Waals surface area contributed by atoms with Crippen LogP contribution < -0.4 is 5.32 Å². The predicted octanol–water partition coefficient (Wildman–Crippen LogP) is 2.87. The second kappa shape index (κ2) is 5.58. The number of aromatic nitrogens is 1. The van der Waals surface area contributed by atoms with Gasteiger partial charge in [0.05, 0.1) is 0 Å². The standard InChI is InChI=1S/C13H13N3S/c1-10(11-3-2-6-15-8-11)16-9-13-5-4-12(7-14)17-13/h2-6,8,10,16H,9H2,1H3/t10-/m0/s1. The molecule has 1 atom stereocenters. The summed E-state index contributed by atoms with van der Waals surface area (Å²) in [5.74, 6) is 0. The van der Waals surface area contributed by atoms with Crippen molar-refractivity contribution in [3.63, 3.8) is 0 Å². The molecule has 0 fully saturated rings. The van der Waals surface area contributed by atoms with E-state index in [0.29, 0.717) is 0 Å². The minimum Gasteiger partial charge on any atom is -0.305 e. The molecular weight excluding hydrogens is 230 g/mol. The number of hydrogen-bond donors (Lipinski definition) is 1. The first-order chi connectivity index (χ1) is 8.29. The highest BCUT2D eigenvalue weighted by molar-refractivity contribution is 7.12. The summed E-state index contributed by atoms with van der Waals surface area (Å²) in [6, 6.07) is 10.3. The molecule has 86 valence electrons. The molecule has 2 rings (SSSR count). The fraction of sp³-hybridized carbons (Fsp3) is 0.231. The molecule has 3 nitrogen and oxygen atoms in total. The second-order valence-corrected chi connectivity index (χ2v) is 4.94. The lowest BCUT2D eigenvalue weighted by Crippen LogP contribution is -2.17. The Bertz CT molecular complexity index is 513. The van der Waals surface area contributed by atoms with Crippen molar-refractivity contribution in [3.8, 4) is 6.07 Å². The molecule has 2 aromatic heterocycles. The fourth-order valence-electron chi connectivity index (χ4n) is 1.54. The Morgan fingerprint density at radius 1 is 1.47 bits per heavy atom. The lowest BCUT2D eigenvalue weighted by molar-refractivity contribution is 0.577. The number of rotatable bonds is 4. The normalized spacial score (nSPS) is 12.0. The third-order valence-electron chi connectivity index (χ3n) is 2.54. The van der Waals surface area contributed by atoms with E-state index in [9.17, 15) is 0 Å². The smallest absolute Gasteiger partial charge is 0.110 e. The van der Waals surface area contributed by atoms with Gasteiger partial charge in [0.2, 0.25) is 0 Å². The van der Waals surface area contributed by atoms with Gasteiger partial charge in [-0.15, -0.1) is 11.3 Å². The van der Waals surface area contributed by atoms with Gasteiger partial charge >= 0.3 is 0 Å². The van der Waals surface area contributed by atoms with Crippen molar-refractivity contribution in [1.29, 1.82) is 5.26 Å². The third-order valence-corrected chi connectivity index (χ3v) is 3.53. The van der Waals surface area contributed by atoms with E-state index in [1.54, 1.807) is 6.20 Å². The van der Waals surface area contributed by atoms with Gasteiger partial charge in [0, 0.05) is 29.9 Å². The van der Waals surface area contributed by atoms with Crippen molar-refractivity contribution >= 4 is 11.3 Å². The Morgan fingerprint density at radius 3 is 3.00 bits per heavy atom. The maximum atomic E-state index is 8.74. The van der Waals surface area contributed by atoms with Crippen LogP contribution in [-0.4, -0.2) is 4.98 Å². The summed E-state index contributed by atoms with van der Waals surface area (Å²) in [6.45, 7) is 2.89. The van der Waals surface area contributed by atoms with Gasteiger partial charge in [0.25, 0.3) is 0 Å². The highest BCUT2D eigenvalue weighted by atomic mass is 32.1. The molecule has 0 aliphatic carbocycles. The van der Waals surface area contributed by atoms with Crippen molar-refractivity contribution in [2.24, 2.45) is 0 Å². The van der Waals surface area contributed by atoms with E-state index in [2.05, 4.69) is 29.4 Å². The molecule has 1 N–H and O–H groups in total. The average Bonchev–Trinajstić information content (AvgIpc) is 2.85. The van der Waals surface area contributed by atoms with Crippen molar-refractivity contribution in [2.75, 3.05) is 0 Å². The number of thiophene rings is 1. The summed E-state index contributed by atoms with van der Waals surface area (Å²) >= 11 is 1.53. The van der Waals surface area contributed by atoms with E-state index in [1.807, 2.05) is 24.4 Å². The quantitative estimate of drug-likeness (QED) is 0.898. The van der Waals surface area contributed by atoms with Crippen LogP contribution in [0.5, 0.6) is 0 Å². The van der Waals surface area contributed by atoms with Crippen molar-refractivity contribution in [3.05, 3.63) is 52.0 Å². The molecule has 0 spiro atoms. The molecule has 17 heavy (non-hydrogen) atoms. The maximum Gasteiger partial charge on any atom is 0.110 e. The molecule has 0 aliphatic rings. The molecule has 0 unspecified atom stereocenters. The largest absolute Gasteiger partial charge is 0.305 e. The van der Waals surface area contributed by atoms with Gasteiger partial charge in [0.15, 0.2) is 0 Å². The van der Waals surface area contributed by atoms with Gasteiger partial charge in [-0.05, 0) is 30.7 Å². The number of pyridine rings is 1. The zero-order valence-corrected chi connectivity index (χ0v) is 10.4. The molecule has 2 aromatic rings. The Balaban J connectivity index is 1.92. The van der Waals surface area contributed by atoms with Crippen molar-refractivity contribution in [1.82, 2.24) is 10.3 Å². The first-order valence-corrected chi connectivity index (χ1v) is 6.23. The zero-order chi connectivity index (χ0) is 12.1. The SMILES string of the molecule is C[C@H](NCc1ccc(C#N)s1)c1cccnc1. The predicted molar refractivity (Wildman–Crippen MR) is 68.5 cm³/mol. The summed E-state index contributed by atoms with van der Waals surface area (Å²) < 4.78 is 0. The van der Waals surface area contributed by atoms with Crippen LogP contribution in [0, 0.1) is 11.3 Å². The van der Waals surface area contributed by atoms with Crippen molar-refractivity contribution in [2.45, 2.75) is 19.5 Å². The molecule has 0 radical (unpaired) electrons. The van der Waals surface area contributed by atoms with Crippen LogP contribution >= 0.6 is 11.3 Å². The van der Waals surface area contributed by atoms with Gasteiger partial charge < -0.3 is 5.32 Å². The molecule has 0 aromatic carbocycles. The summed E-state index contributed by atoms with van der Waals surface area (Å²) in [5, 5.41) is 12.2. The fourth-order valence-corrected chi connectivity index (χ4v) is 2.29. The summed E-state index contributed by atoms with van der Waals surface area (Å²) in [5.41, 5.74) is 1.17. The minimum atomic E-state index is 0.260. The van der Waals surface area contributed by atoms with Crippen LogP contribution in [0.25, 0.3) is 0 Å². The molecular formula is C13H13N3S. The van der Waals surface area contributed by atoms with Crippen LogP contribution in [0.2, 0.25) is 0 Å². The average molecular weight is 243 g/mol. The molecule has 0 aliphatic heterocycles.